The summed E-state index contributed by atoms with van der Waals surface area (Å²) in [6, 6.07) is 4.68. The van der Waals surface area contributed by atoms with Crippen molar-refractivity contribution in [2.75, 3.05) is 0 Å². The molecule has 0 aromatic carbocycles. The molecule has 0 saturated heterocycles. The van der Waals surface area contributed by atoms with Crippen LogP contribution in [0.3, 0.4) is 0 Å². The van der Waals surface area contributed by atoms with Crippen molar-refractivity contribution in [2.24, 2.45) is 0 Å². The Bertz CT molecular complexity index is 575. The molecule has 2 aromatic heterocycles. The second-order valence-electron chi connectivity index (χ2n) is 3.92. The maximum Gasteiger partial charge on any atom is 0.258 e. The molecule has 2 heterocycles. The Labute approximate surface area is 93.2 Å². The minimum absolute atomic E-state index is 0.0322. The SMILES string of the molecule is CCC(C)c1cc(=O)n2cccc(O)c2n1. The third-order valence-electron chi connectivity index (χ3n) is 2.81. The van der Waals surface area contributed by atoms with Gasteiger partial charge in [0.15, 0.2) is 11.4 Å². The zero-order chi connectivity index (χ0) is 11.7. The Morgan fingerprint density at radius 3 is 3.00 bits per heavy atom. The average molecular weight is 218 g/mol. The van der Waals surface area contributed by atoms with E-state index in [9.17, 15) is 9.90 Å². The molecule has 0 aliphatic carbocycles. The van der Waals surface area contributed by atoms with Gasteiger partial charge in [-0.1, -0.05) is 13.8 Å². The van der Waals surface area contributed by atoms with Crippen molar-refractivity contribution in [3.05, 3.63) is 40.4 Å². The molecule has 0 amide bonds. The van der Waals surface area contributed by atoms with Gasteiger partial charge >= 0.3 is 0 Å². The Morgan fingerprint density at radius 2 is 2.31 bits per heavy atom. The van der Waals surface area contributed by atoms with Crippen LogP contribution in [0.4, 0.5) is 0 Å². The molecule has 0 aliphatic heterocycles. The van der Waals surface area contributed by atoms with E-state index in [0.717, 1.165) is 12.1 Å². The minimum atomic E-state index is -0.156. The molecule has 1 unspecified atom stereocenters. The Morgan fingerprint density at radius 1 is 1.56 bits per heavy atom. The van der Waals surface area contributed by atoms with Gasteiger partial charge in [-0.05, 0) is 24.5 Å². The molecule has 4 nitrogen and oxygen atoms in total. The molecule has 0 bridgehead atoms. The molecule has 0 fully saturated rings. The van der Waals surface area contributed by atoms with Gasteiger partial charge in [0.1, 0.15) is 0 Å². The largest absolute Gasteiger partial charge is 0.504 e. The fourth-order valence-corrected chi connectivity index (χ4v) is 1.59. The first-order valence-electron chi connectivity index (χ1n) is 5.34. The number of fused-ring (bicyclic) bond motifs is 1. The third kappa shape index (κ3) is 1.66. The van der Waals surface area contributed by atoms with Crippen LogP contribution in [0.5, 0.6) is 5.75 Å². The molecule has 1 N–H and O–H groups in total. The molecular formula is C12H14N2O2. The Hall–Kier alpha value is -1.84. The van der Waals surface area contributed by atoms with E-state index in [2.05, 4.69) is 4.98 Å². The summed E-state index contributed by atoms with van der Waals surface area (Å²) >= 11 is 0. The molecule has 2 aromatic rings. The number of pyridine rings is 1. The van der Waals surface area contributed by atoms with Crippen molar-refractivity contribution in [3.8, 4) is 5.75 Å². The molecule has 4 heteroatoms. The van der Waals surface area contributed by atoms with E-state index < -0.39 is 0 Å². The first-order chi connectivity index (χ1) is 7.63. The Balaban J connectivity index is 2.75. The van der Waals surface area contributed by atoms with Crippen molar-refractivity contribution in [1.29, 1.82) is 0 Å². The molecule has 0 radical (unpaired) electrons. The van der Waals surface area contributed by atoms with E-state index in [1.807, 2.05) is 13.8 Å². The summed E-state index contributed by atoms with van der Waals surface area (Å²) in [5, 5.41) is 9.65. The number of hydrogen-bond donors (Lipinski definition) is 1. The van der Waals surface area contributed by atoms with Gasteiger partial charge in [-0.3, -0.25) is 9.20 Å². The maximum absolute atomic E-state index is 11.8. The molecule has 0 spiro atoms. The van der Waals surface area contributed by atoms with E-state index in [1.165, 1.54) is 16.5 Å². The highest BCUT2D eigenvalue weighted by molar-refractivity contribution is 5.52. The standard InChI is InChI=1S/C12H14N2O2/c1-3-8(2)9-7-11(16)14-6-4-5-10(15)12(14)13-9/h4-8,15H,3H2,1-2H3. The first-order valence-corrected chi connectivity index (χ1v) is 5.34. The topological polar surface area (TPSA) is 54.6 Å². The van der Waals surface area contributed by atoms with Crippen LogP contribution in [-0.2, 0) is 0 Å². The molecule has 16 heavy (non-hydrogen) atoms. The van der Waals surface area contributed by atoms with Crippen molar-refractivity contribution in [3.63, 3.8) is 0 Å². The Kier molecular flexibility index (Phi) is 2.64. The number of nitrogens with zero attached hydrogens (tertiary/aromatic N) is 2. The van der Waals surface area contributed by atoms with Crippen molar-refractivity contribution >= 4 is 5.65 Å². The van der Waals surface area contributed by atoms with Gasteiger partial charge in [0, 0.05) is 12.3 Å². The summed E-state index contributed by atoms with van der Waals surface area (Å²) in [6.45, 7) is 4.05. The number of rotatable bonds is 2. The van der Waals surface area contributed by atoms with E-state index in [0.29, 0.717) is 5.65 Å². The van der Waals surface area contributed by atoms with E-state index in [1.54, 1.807) is 12.3 Å². The highest BCUT2D eigenvalue weighted by Crippen LogP contribution is 2.19. The lowest BCUT2D eigenvalue weighted by molar-refractivity contribution is 0.476. The van der Waals surface area contributed by atoms with E-state index in [4.69, 9.17) is 0 Å². The van der Waals surface area contributed by atoms with Crippen LogP contribution in [0.1, 0.15) is 31.9 Å². The molecule has 0 aliphatic rings. The number of aromatic nitrogens is 2. The van der Waals surface area contributed by atoms with Gasteiger partial charge in [-0.25, -0.2) is 4.98 Å². The van der Waals surface area contributed by atoms with Crippen LogP contribution in [0.15, 0.2) is 29.2 Å². The lowest BCUT2D eigenvalue weighted by atomic mass is 10.1. The van der Waals surface area contributed by atoms with Crippen LogP contribution in [0.2, 0.25) is 0 Å². The molecule has 1 atom stereocenters. The van der Waals surface area contributed by atoms with Gasteiger partial charge < -0.3 is 5.11 Å². The zero-order valence-electron chi connectivity index (χ0n) is 9.34. The number of hydrogen-bond acceptors (Lipinski definition) is 3. The molecule has 2 rings (SSSR count). The second-order valence-corrected chi connectivity index (χ2v) is 3.92. The predicted molar refractivity (Wildman–Crippen MR) is 61.8 cm³/mol. The van der Waals surface area contributed by atoms with Gasteiger partial charge in [0.2, 0.25) is 0 Å². The predicted octanol–water partition coefficient (Wildman–Crippen LogP) is 1.91. The highest BCUT2D eigenvalue weighted by atomic mass is 16.3. The smallest absolute Gasteiger partial charge is 0.258 e. The molecule has 84 valence electrons. The normalized spacial score (nSPS) is 12.9. The fourth-order valence-electron chi connectivity index (χ4n) is 1.59. The maximum atomic E-state index is 11.8. The van der Waals surface area contributed by atoms with Crippen LogP contribution in [0.25, 0.3) is 5.65 Å². The zero-order valence-corrected chi connectivity index (χ0v) is 9.34. The van der Waals surface area contributed by atoms with Gasteiger partial charge in [-0.15, -0.1) is 0 Å². The first kappa shape index (κ1) is 10.7. The summed E-state index contributed by atoms with van der Waals surface area (Å²) in [6.07, 6.45) is 2.51. The molecule has 0 saturated carbocycles. The monoisotopic (exact) mass is 218 g/mol. The second kappa shape index (κ2) is 3.96. The van der Waals surface area contributed by atoms with Crippen LogP contribution in [-0.4, -0.2) is 14.5 Å². The number of aromatic hydroxyl groups is 1. The van der Waals surface area contributed by atoms with Gasteiger partial charge in [-0.2, -0.15) is 0 Å². The third-order valence-corrected chi connectivity index (χ3v) is 2.81. The molecular weight excluding hydrogens is 204 g/mol. The quantitative estimate of drug-likeness (QED) is 0.837. The summed E-state index contributed by atoms with van der Waals surface area (Å²) in [5.74, 6) is 0.252. The summed E-state index contributed by atoms with van der Waals surface area (Å²) in [4.78, 5) is 16.1. The van der Waals surface area contributed by atoms with Crippen molar-refractivity contribution in [2.45, 2.75) is 26.2 Å². The summed E-state index contributed by atoms with van der Waals surface area (Å²) in [7, 11) is 0. The average Bonchev–Trinajstić information content (AvgIpc) is 2.29. The summed E-state index contributed by atoms with van der Waals surface area (Å²) in [5.41, 5.74) is 0.899. The van der Waals surface area contributed by atoms with Gasteiger partial charge in [0.05, 0.1) is 5.69 Å². The minimum Gasteiger partial charge on any atom is -0.504 e. The lowest BCUT2D eigenvalue weighted by Gasteiger charge is -2.09. The van der Waals surface area contributed by atoms with E-state index >= 15 is 0 Å². The summed E-state index contributed by atoms with van der Waals surface area (Å²) < 4.78 is 1.35. The highest BCUT2D eigenvalue weighted by Gasteiger charge is 2.09. The van der Waals surface area contributed by atoms with E-state index in [-0.39, 0.29) is 17.2 Å². The van der Waals surface area contributed by atoms with Gasteiger partial charge in [0.25, 0.3) is 5.56 Å². The van der Waals surface area contributed by atoms with Crippen molar-refractivity contribution in [1.82, 2.24) is 9.38 Å². The lowest BCUT2D eigenvalue weighted by Crippen LogP contribution is -2.16. The van der Waals surface area contributed by atoms with Crippen LogP contribution < -0.4 is 5.56 Å². The fraction of sp³-hybridized carbons (Fsp3) is 0.333. The van der Waals surface area contributed by atoms with Crippen molar-refractivity contribution < 1.29 is 5.11 Å². The van der Waals surface area contributed by atoms with Crippen LogP contribution in [0, 0.1) is 0 Å². The van der Waals surface area contributed by atoms with Crippen LogP contribution >= 0.6 is 0 Å².